The molecule has 1 saturated heterocycles. The van der Waals surface area contributed by atoms with E-state index in [9.17, 15) is 22.8 Å². The van der Waals surface area contributed by atoms with Crippen LogP contribution in [0.4, 0.5) is 0 Å². The molecule has 2 aliphatic carbocycles. The summed E-state index contributed by atoms with van der Waals surface area (Å²) < 4.78 is 39.9. The van der Waals surface area contributed by atoms with Crippen molar-refractivity contribution in [1.29, 1.82) is 0 Å². The second-order valence-corrected chi connectivity index (χ2v) is 17.3. The van der Waals surface area contributed by atoms with Gasteiger partial charge in [0.05, 0.1) is 30.1 Å². The maximum absolute atomic E-state index is 14.2. The zero-order valence-corrected chi connectivity index (χ0v) is 30.9. The molecule has 2 aromatic heterocycles. The minimum absolute atomic E-state index is 0.148. The third-order valence-corrected chi connectivity index (χ3v) is 13.0. The van der Waals surface area contributed by atoms with Gasteiger partial charge in [-0.2, -0.15) is 0 Å². The number of nitrogens with zero attached hydrogens (tertiary/aromatic N) is 3. The number of fused-ring (bicyclic) bond motifs is 3. The number of ether oxygens (including phenoxy) is 2. The number of carbonyl (C=O) groups excluding carboxylic acids is 3. The van der Waals surface area contributed by atoms with Gasteiger partial charge in [0, 0.05) is 41.7 Å². The average Bonchev–Trinajstić information content (AvgIpc) is 3.97. The van der Waals surface area contributed by atoms with Crippen molar-refractivity contribution in [3.05, 3.63) is 47.5 Å². The standard InChI is InChI=1S/C37H45N5O7S2/c1-22(2)30-21-50-35(39-30)29-18-32(27-15-12-24(48-3)16-28(27)38-29)49-25-17-31-34(44)40-37(36(45)41-51(46,47)26-13-14-26)19-23(37)10-8-6-4-5-7-9-11-33(43)42(31)20-25/h8,10,12,15-16,18,21-23,25-26,31H,4-7,9,11,13-14,17,19-20H2,1-3H3,(H,40,44)(H,41,45)/b10-8-/t23-,25+,31-,37+/m0/s1. The highest BCUT2D eigenvalue weighted by Gasteiger charge is 2.62. The molecular weight excluding hydrogens is 691 g/mol. The lowest BCUT2D eigenvalue weighted by molar-refractivity contribution is -0.139. The van der Waals surface area contributed by atoms with Crippen LogP contribution in [0.5, 0.6) is 11.5 Å². The summed E-state index contributed by atoms with van der Waals surface area (Å²) in [6, 6.07) is 6.51. The number of hydrogen-bond acceptors (Lipinski definition) is 10. The normalized spacial score (nSPS) is 26.4. The SMILES string of the molecule is COc1ccc2c(O[C@@H]3C[C@H]4C(=O)N[C@]5(C(=O)NS(=O)(=O)C6CC6)C[C@@H]5/C=C\CCCCCCC(=O)N4C3)cc(-c3nc(C(C)C)cs3)nc2c1. The molecule has 0 bridgehead atoms. The first-order valence-corrected chi connectivity index (χ1v) is 20.4. The molecule has 3 aromatic rings. The van der Waals surface area contributed by atoms with Crippen LogP contribution in [0.2, 0.25) is 0 Å². The maximum atomic E-state index is 14.2. The Bertz CT molecular complexity index is 1970. The smallest absolute Gasteiger partial charge is 0.259 e. The molecule has 3 fully saturated rings. The minimum Gasteiger partial charge on any atom is -0.497 e. The molecule has 7 rings (SSSR count). The zero-order valence-electron chi connectivity index (χ0n) is 29.2. The van der Waals surface area contributed by atoms with Gasteiger partial charge in [0.1, 0.15) is 39.9 Å². The third-order valence-electron chi connectivity index (χ3n) is 10.3. The first-order valence-electron chi connectivity index (χ1n) is 17.9. The molecule has 2 saturated carbocycles. The van der Waals surface area contributed by atoms with Crippen LogP contribution in [-0.4, -0.2) is 77.6 Å². The van der Waals surface area contributed by atoms with Crippen molar-refractivity contribution in [2.45, 2.75) is 107 Å². The molecular formula is C37H45N5O7S2. The highest BCUT2D eigenvalue weighted by atomic mass is 32.2. The number of allylic oxidation sites excluding steroid dienone is 1. The Balaban J connectivity index is 1.18. The van der Waals surface area contributed by atoms with Crippen LogP contribution in [0.1, 0.15) is 89.7 Å². The number of nitrogens with one attached hydrogen (secondary N) is 2. The lowest BCUT2D eigenvalue weighted by Gasteiger charge is -2.26. The van der Waals surface area contributed by atoms with Crippen LogP contribution < -0.4 is 19.5 Å². The molecule has 1 aromatic carbocycles. The van der Waals surface area contributed by atoms with Crippen molar-refractivity contribution in [2.75, 3.05) is 13.7 Å². The molecule has 0 radical (unpaired) electrons. The Labute approximate surface area is 302 Å². The van der Waals surface area contributed by atoms with Crippen molar-refractivity contribution in [1.82, 2.24) is 24.9 Å². The van der Waals surface area contributed by atoms with Crippen LogP contribution in [0.15, 0.2) is 41.8 Å². The number of thiazole rings is 1. The number of hydrogen-bond donors (Lipinski definition) is 2. The summed E-state index contributed by atoms with van der Waals surface area (Å²) in [7, 11) is -2.23. The Morgan fingerprint density at radius 3 is 2.67 bits per heavy atom. The van der Waals surface area contributed by atoms with Crippen LogP contribution >= 0.6 is 11.3 Å². The second-order valence-electron chi connectivity index (χ2n) is 14.5. The zero-order chi connectivity index (χ0) is 35.9. The van der Waals surface area contributed by atoms with Crippen molar-refractivity contribution < 1.29 is 32.3 Å². The molecule has 2 aliphatic heterocycles. The number of amides is 3. The van der Waals surface area contributed by atoms with Crippen molar-refractivity contribution in [3.63, 3.8) is 0 Å². The first-order chi connectivity index (χ1) is 24.5. The summed E-state index contributed by atoms with van der Waals surface area (Å²) in [4.78, 5) is 52.8. The van der Waals surface area contributed by atoms with E-state index in [1.54, 1.807) is 12.0 Å². The van der Waals surface area contributed by atoms with Gasteiger partial charge >= 0.3 is 0 Å². The fourth-order valence-corrected chi connectivity index (χ4v) is 9.33. The Morgan fingerprint density at radius 1 is 1.12 bits per heavy atom. The van der Waals surface area contributed by atoms with Crippen LogP contribution in [0.3, 0.4) is 0 Å². The molecule has 3 amide bonds. The summed E-state index contributed by atoms with van der Waals surface area (Å²) in [6.07, 6.45) is 9.49. The number of methoxy groups -OCH3 is 1. The molecule has 0 unspecified atom stereocenters. The van der Waals surface area contributed by atoms with E-state index < -0.39 is 44.8 Å². The maximum Gasteiger partial charge on any atom is 0.259 e. The summed E-state index contributed by atoms with van der Waals surface area (Å²) in [5.74, 6) is -0.260. The summed E-state index contributed by atoms with van der Waals surface area (Å²) in [5, 5.41) is 5.88. The topological polar surface area (TPSA) is 157 Å². The molecule has 4 aliphatic rings. The van der Waals surface area contributed by atoms with E-state index in [1.807, 2.05) is 41.8 Å². The van der Waals surface area contributed by atoms with E-state index in [0.717, 1.165) is 41.8 Å². The van der Waals surface area contributed by atoms with Gasteiger partial charge in [-0.1, -0.05) is 38.8 Å². The molecule has 4 atom stereocenters. The highest BCUT2D eigenvalue weighted by molar-refractivity contribution is 7.91. The van der Waals surface area contributed by atoms with Gasteiger partial charge in [-0.15, -0.1) is 11.3 Å². The number of pyridine rings is 1. The van der Waals surface area contributed by atoms with Gasteiger partial charge in [0.15, 0.2) is 0 Å². The number of sulfonamides is 1. The Hall–Kier alpha value is -4.04. The van der Waals surface area contributed by atoms with Crippen LogP contribution in [0.25, 0.3) is 21.6 Å². The Kier molecular flexibility index (Phi) is 9.83. The molecule has 4 heterocycles. The fraction of sp³-hybridized carbons (Fsp3) is 0.541. The number of benzene rings is 1. The van der Waals surface area contributed by atoms with Crippen LogP contribution in [-0.2, 0) is 24.4 Å². The second kappa shape index (κ2) is 14.2. The molecule has 51 heavy (non-hydrogen) atoms. The van der Waals surface area contributed by atoms with Crippen molar-refractivity contribution in [2.24, 2.45) is 5.92 Å². The largest absolute Gasteiger partial charge is 0.497 e. The lowest BCUT2D eigenvalue weighted by atomic mass is 10.1. The van der Waals surface area contributed by atoms with Gasteiger partial charge < -0.3 is 19.7 Å². The van der Waals surface area contributed by atoms with Gasteiger partial charge in [0.2, 0.25) is 21.8 Å². The number of rotatable bonds is 8. The molecule has 272 valence electrons. The predicted octanol–water partition coefficient (Wildman–Crippen LogP) is 5.23. The minimum atomic E-state index is -3.83. The van der Waals surface area contributed by atoms with E-state index in [4.69, 9.17) is 19.4 Å². The van der Waals surface area contributed by atoms with Gasteiger partial charge in [0.25, 0.3) is 5.91 Å². The molecule has 12 nitrogen and oxygen atoms in total. The third kappa shape index (κ3) is 7.48. The molecule has 2 N–H and O–H groups in total. The number of carbonyl (C=O) groups is 3. The first kappa shape index (κ1) is 35.4. The Morgan fingerprint density at radius 2 is 1.92 bits per heavy atom. The monoisotopic (exact) mass is 735 g/mol. The summed E-state index contributed by atoms with van der Waals surface area (Å²) in [6.45, 7) is 4.36. The van der Waals surface area contributed by atoms with Crippen LogP contribution in [0, 0.1) is 5.92 Å². The van der Waals surface area contributed by atoms with E-state index in [2.05, 4.69) is 23.9 Å². The van der Waals surface area contributed by atoms with Gasteiger partial charge in [-0.3, -0.25) is 19.1 Å². The fourth-order valence-electron chi connectivity index (χ4n) is 7.03. The van der Waals surface area contributed by atoms with Crippen molar-refractivity contribution in [3.8, 4) is 22.2 Å². The predicted molar refractivity (Wildman–Crippen MR) is 194 cm³/mol. The van der Waals surface area contributed by atoms with E-state index in [1.165, 1.54) is 11.3 Å². The summed E-state index contributed by atoms with van der Waals surface area (Å²) >= 11 is 1.51. The molecule has 14 heteroatoms. The van der Waals surface area contributed by atoms with Gasteiger partial charge in [-0.05, 0) is 56.6 Å². The highest BCUT2D eigenvalue weighted by Crippen LogP contribution is 2.46. The lowest BCUT2D eigenvalue weighted by Crippen LogP contribution is -2.56. The average molecular weight is 736 g/mol. The van der Waals surface area contributed by atoms with E-state index in [-0.39, 0.29) is 37.1 Å². The number of aromatic nitrogens is 2. The van der Waals surface area contributed by atoms with Gasteiger partial charge in [-0.25, -0.2) is 18.4 Å². The van der Waals surface area contributed by atoms with E-state index >= 15 is 0 Å². The molecule has 0 spiro atoms. The van der Waals surface area contributed by atoms with E-state index in [0.29, 0.717) is 48.4 Å². The van der Waals surface area contributed by atoms with Crippen molar-refractivity contribution >= 4 is 50.0 Å². The quantitative estimate of drug-likeness (QED) is 0.296. The summed E-state index contributed by atoms with van der Waals surface area (Å²) in [5.41, 5.74) is 0.874.